The molecule has 100 valence electrons. The lowest BCUT2D eigenvalue weighted by Crippen LogP contribution is -2.45. The molecule has 8 heteroatoms. The summed E-state index contributed by atoms with van der Waals surface area (Å²) >= 11 is 5.74. The molecular weight excluding hydrogens is 276 g/mol. The molecule has 0 aromatic carbocycles. The third kappa shape index (κ3) is 3.11. The van der Waals surface area contributed by atoms with Gasteiger partial charge in [0.1, 0.15) is 10.7 Å². The largest absolute Gasteiger partial charge is 0.383 e. The lowest BCUT2D eigenvalue weighted by atomic mass is 10.1. The van der Waals surface area contributed by atoms with Crippen molar-refractivity contribution in [1.82, 2.24) is 15.0 Å². The summed E-state index contributed by atoms with van der Waals surface area (Å²) in [5, 5.41) is 3.38. The molecule has 2 heterocycles. The highest BCUT2D eigenvalue weighted by atomic mass is 35.5. The summed E-state index contributed by atoms with van der Waals surface area (Å²) in [5.74, 6) is -0.0457. The minimum atomic E-state index is -3.68. The molecule has 0 unspecified atom stereocenters. The summed E-state index contributed by atoms with van der Waals surface area (Å²) in [6, 6.07) is 1.18. The van der Waals surface area contributed by atoms with Crippen LogP contribution in [0.15, 0.2) is 17.2 Å². The first-order valence-corrected chi connectivity index (χ1v) is 7.49. The van der Waals surface area contributed by atoms with Gasteiger partial charge in [0.05, 0.1) is 5.02 Å². The van der Waals surface area contributed by atoms with Crippen molar-refractivity contribution >= 4 is 27.4 Å². The van der Waals surface area contributed by atoms with Crippen molar-refractivity contribution in [2.75, 3.05) is 18.8 Å². The van der Waals surface area contributed by atoms with Gasteiger partial charge in [-0.25, -0.2) is 18.1 Å². The van der Waals surface area contributed by atoms with E-state index in [-0.39, 0.29) is 21.8 Å². The molecule has 1 aliphatic heterocycles. The van der Waals surface area contributed by atoms with E-state index in [0.29, 0.717) is 6.54 Å². The number of sulfonamides is 1. The van der Waals surface area contributed by atoms with Gasteiger partial charge in [0.15, 0.2) is 0 Å². The van der Waals surface area contributed by atoms with Crippen molar-refractivity contribution in [2.24, 2.45) is 0 Å². The molecule has 1 aromatic rings. The second-order valence-corrected chi connectivity index (χ2v) is 6.32. The summed E-state index contributed by atoms with van der Waals surface area (Å²) in [6.07, 6.45) is 3.06. The van der Waals surface area contributed by atoms with Gasteiger partial charge >= 0.3 is 0 Å². The number of nitrogens with zero attached hydrogens (tertiary/aromatic N) is 1. The maximum atomic E-state index is 12.2. The zero-order valence-electron chi connectivity index (χ0n) is 9.69. The van der Waals surface area contributed by atoms with Crippen LogP contribution in [0.25, 0.3) is 0 Å². The molecule has 1 saturated heterocycles. The minimum absolute atomic E-state index is 0.0457. The van der Waals surface area contributed by atoms with Crippen molar-refractivity contribution in [3.05, 3.63) is 17.3 Å². The van der Waals surface area contributed by atoms with Crippen LogP contribution in [0.3, 0.4) is 0 Å². The molecule has 1 fully saturated rings. The van der Waals surface area contributed by atoms with Gasteiger partial charge in [-0.05, 0) is 25.5 Å². The van der Waals surface area contributed by atoms with Crippen LogP contribution in [0.1, 0.15) is 12.8 Å². The standard InChI is InChI=1S/C10H15ClN4O2S/c11-7-4-9(10(12)14-5-7)18(16,17)15-8-2-1-3-13-6-8/h4-5,8,13,15H,1-3,6H2,(H2,12,14)/t8-/m1/s1. The van der Waals surface area contributed by atoms with Crippen LogP contribution in [0.4, 0.5) is 5.82 Å². The van der Waals surface area contributed by atoms with E-state index in [9.17, 15) is 8.42 Å². The van der Waals surface area contributed by atoms with Crippen LogP contribution in [0.2, 0.25) is 5.02 Å². The van der Waals surface area contributed by atoms with Crippen LogP contribution in [0.5, 0.6) is 0 Å². The predicted molar refractivity (Wildman–Crippen MR) is 69.9 cm³/mol. The van der Waals surface area contributed by atoms with Crippen molar-refractivity contribution in [3.8, 4) is 0 Å². The first kappa shape index (κ1) is 13.5. The molecule has 6 nitrogen and oxygen atoms in total. The number of hydrogen-bond acceptors (Lipinski definition) is 5. The molecule has 0 spiro atoms. The van der Waals surface area contributed by atoms with E-state index in [1.165, 1.54) is 12.3 Å². The molecule has 0 radical (unpaired) electrons. The molecule has 1 aliphatic rings. The number of nitrogen functional groups attached to an aromatic ring is 1. The van der Waals surface area contributed by atoms with Crippen LogP contribution in [-0.4, -0.2) is 32.5 Å². The molecule has 4 N–H and O–H groups in total. The minimum Gasteiger partial charge on any atom is -0.383 e. The fourth-order valence-corrected chi connectivity index (χ4v) is 3.48. The second kappa shape index (κ2) is 5.40. The van der Waals surface area contributed by atoms with Gasteiger partial charge in [-0.2, -0.15) is 0 Å². The zero-order valence-corrected chi connectivity index (χ0v) is 11.3. The zero-order chi connectivity index (χ0) is 13.2. The Bertz CT molecular complexity index is 529. The van der Waals surface area contributed by atoms with E-state index in [1.807, 2.05) is 0 Å². The summed E-state index contributed by atoms with van der Waals surface area (Å²) in [4.78, 5) is 3.68. The smallest absolute Gasteiger partial charge is 0.244 e. The van der Waals surface area contributed by atoms with Crippen molar-refractivity contribution in [1.29, 1.82) is 0 Å². The number of nitrogens with two attached hydrogens (primary N) is 1. The monoisotopic (exact) mass is 290 g/mol. The average Bonchev–Trinajstić information content (AvgIpc) is 2.33. The van der Waals surface area contributed by atoms with Crippen LogP contribution >= 0.6 is 11.6 Å². The Balaban J connectivity index is 2.21. The molecule has 1 aromatic heterocycles. The first-order valence-electron chi connectivity index (χ1n) is 5.63. The molecule has 0 bridgehead atoms. The number of nitrogens with one attached hydrogen (secondary N) is 2. The summed E-state index contributed by atoms with van der Waals surface area (Å²) in [6.45, 7) is 1.53. The Hall–Kier alpha value is -0.890. The summed E-state index contributed by atoms with van der Waals surface area (Å²) in [5.41, 5.74) is 5.58. The molecule has 2 rings (SSSR count). The Kier molecular flexibility index (Phi) is 4.06. The SMILES string of the molecule is Nc1ncc(Cl)cc1S(=O)(=O)N[C@@H]1CCCNC1. The van der Waals surface area contributed by atoms with Crippen LogP contribution in [-0.2, 0) is 10.0 Å². The molecule has 0 amide bonds. The second-order valence-electron chi connectivity index (χ2n) is 4.20. The van der Waals surface area contributed by atoms with E-state index in [4.69, 9.17) is 17.3 Å². The van der Waals surface area contributed by atoms with Gasteiger partial charge in [0.2, 0.25) is 10.0 Å². The third-order valence-electron chi connectivity index (χ3n) is 2.76. The van der Waals surface area contributed by atoms with Crippen LogP contribution < -0.4 is 15.8 Å². The Morgan fingerprint density at radius 2 is 2.33 bits per heavy atom. The quantitative estimate of drug-likeness (QED) is 0.746. The van der Waals surface area contributed by atoms with Crippen molar-refractivity contribution < 1.29 is 8.42 Å². The van der Waals surface area contributed by atoms with E-state index in [1.54, 1.807) is 0 Å². The van der Waals surface area contributed by atoms with E-state index in [2.05, 4.69) is 15.0 Å². The molecule has 0 aliphatic carbocycles. The fraction of sp³-hybridized carbons (Fsp3) is 0.500. The lowest BCUT2D eigenvalue weighted by Gasteiger charge is -2.23. The highest BCUT2D eigenvalue weighted by molar-refractivity contribution is 7.89. The van der Waals surface area contributed by atoms with E-state index >= 15 is 0 Å². The number of aromatic nitrogens is 1. The highest BCUT2D eigenvalue weighted by Crippen LogP contribution is 2.20. The number of halogens is 1. The number of anilines is 1. The third-order valence-corrected chi connectivity index (χ3v) is 4.51. The lowest BCUT2D eigenvalue weighted by molar-refractivity contribution is 0.428. The molecule has 0 saturated carbocycles. The number of rotatable bonds is 3. The van der Waals surface area contributed by atoms with E-state index < -0.39 is 10.0 Å². The molecule has 18 heavy (non-hydrogen) atoms. The van der Waals surface area contributed by atoms with Gasteiger partial charge in [-0.15, -0.1) is 0 Å². The van der Waals surface area contributed by atoms with Crippen LogP contribution in [0, 0.1) is 0 Å². The summed E-state index contributed by atoms with van der Waals surface area (Å²) < 4.78 is 26.9. The van der Waals surface area contributed by atoms with Gasteiger partial charge in [0.25, 0.3) is 0 Å². The van der Waals surface area contributed by atoms with Gasteiger partial charge < -0.3 is 11.1 Å². The average molecular weight is 291 g/mol. The van der Waals surface area contributed by atoms with Crippen molar-refractivity contribution in [2.45, 2.75) is 23.8 Å². The number of hydrogen-bond donors (Lipinski definition) is 3. The van der Waals surface area contributed by atoms with Gasteiger partial charge in [0, 0.05) is 18.8 Å². The first-order chi connectivity index (χ1) is 8.49. The normalized spacial score (nSPS) is 20.8. The number of piperidine rings is 1. The van der Waals surface area contributed by atoms with Crippen molar-refractivity contribution in [3.63, 3.8) is 0 Å². The Morgan fingerprint density at radius 1 is 1.56 bits per heavy atom. The van der Waals surface area contributed by atoms with Gasteiger partial charge in [-0.3, -0.25) is 0 Å². The molecular formula is C10H15ClN4O2S. The summed E-state index contributed by atoms with van der Waals surface area (Å²) in [7, 11) is -3.68. The van der Waals surface area contributed by atoms with E-state index in [0.717, 1.165) is 19.4 Å². The van der Waals surface area contributed by atoms with Gasteiger partial charge in [-0.1, -0.05) is 11.6 Å². The number of pyridine rings is 1. The maximum absolute atomic E-state index is 12.2. The Labute approximate surface area is 111 Å². The maximum Gasteiger partial charge on any atom is 0.244 e. The molecule has 1 atom stereocenters. The predicted octanol–water partition coefficient (Wildman–Crippen LogP) is 0.347. The topological polar surface area (TPSA) is 97.1 Å². The highest BCUT2D eigenvalue weighted by Gasteiger charge is 2.24. The fourth-order valence-electron chi connectivity index (χ4n) is 1.88. The Morgan fingerprint density at radius 3 is 3.00 bits per heavy atom.